The van der Waals surface area contributed by atoms with E-state index in [1.165, 1.54) is 5.56 Å². The van der Waals surface area contributed by atoms with E-state index in [9.17, 15) is 14.7 Å². The molecule has 0 radical (unpaired) electrons. The van der Waals surface area contributed by atoms with Crippen molar-refractivity contribution in [1.29, 1.82) is 0 Å². The Kier molecular flexibility index (Phi) is 5.96. The van der Waals surface area contributed by atoms with Crippen LogP contribution < -0.4 is 0 Å². The Balaban J connectivity index is 1.80. The van der Waals surface area contributed by atoms with Crippen LogP contribution in [-0.4, -0.2) is 41.0 Å². The summed E-state index contributed by atoms with van der Waals surface area (Å²) in [7, 11) is 0. The van der Waals surface area contributed by atoms with Gasteiger partial charge in [0, 0.05) is 18.7 Å². The number of aliphatic hydroxyl groups is 1. The molecule has 2 aliphatic rings. The van der Waals surface area contributed by atoms with Gasteiger partial charge in [-0.25, -0.2) is 0 Å². The van der Waals surface area contributed by atoms with E-state index in [0.29, 0.717) is 24.6 Å². The molecule has 2 aromatic carbocycles. The molecule has 0 saturated carbocycles. The van der Waals surface area contributed by atoms with Crippen LogP contribution in [0.4, 0.5) is 0 Å². The zero-order valence-corrected chi connectivity index (χ0v) is 18.3. The lowest BCUT2D eigenvalue weighted by molar-refractivity contribution is -0.140. The number of aliphatic hydroxyl groups excluding tert-OH is 1. The van der Waals surface area contributed by atoms with Crippen LogP contribution in [0.3, 0.4) is 0 Å². The number of hydrogen-bond acceptors (Lipinski definition) is 4. The molecule has 4 rings (SSSR count). The number of ketones is 1. The maximum atomic E-state index is 13.1. The van der Waals surface area contributed by atoms with Gasteiger partial charge in [-0.1, -0.05) is 67.9 Å². The van der Waals surface area contributed by atoms with Crippen molar-refractivity contribution in [2.45, 2.75) is 51.7 Å². The van der Waals surface area contributed by atoms with Crippen LogP contribution in [0.1, 0.15) is 60.9 Å². The number of Topliss-reactive ketones (excluding diaryl/α,β-unsaturated/α-hetero) is 1. The molecule has 1 N–H and O–H groups in total. The predicted molar refractivity (Wildman–Crippen MR) is 120 cm³/mol. The van der Waals surface area contributed by atoms with Gasteiger partial charge in [0.05, 0.1) is 17.7 Å². The first-order chi connectivity index (χ1) is 14.9. The number of likely N-dealkylation sites (tertiary alicyclic amines) is 1. The largest absolute Gasteiger partial charge is 0.507 e. The van der Waals surface area contributed by atoms with Crippen LogP contribution in [0.5, 0.6) is 0 Å². The number of carbonyl (C=O) groups excluding carboxylic acids is 2. The first-order valence-electron chi connectivity index (χ1n) is 10.9. The second-order valence-electron chi connectivity index (χ2n) is 8.77. The highest BCUT2D eigenvalue weighted by atomic mass is 16.5. The molecular weight excluding hydrogens is 390 g/mol. The fraction of sp³-hybridized carbons (Fsp3) is 0.385. The fourth-order valence-corrected chi connectivity index (χ4v) is 4.35. The molecule has 0 aliphatic carbocycles. The third kappa shape index (κ3) is 4.15. The van der Waals surface area contributed by atoms with Gasteiger partial charge in [-0.3, -0.25) is 9.59 Å². The average molecular weight is 420 g/mol. The van der Waals surface area contributed by atoms with Crippen molar-refractivity contribution in [3.63, 3.8) is 0 Å². The Labute approximate surface area is 183 Å². The highest BCUT2D eigenvalue weighted by Gasteiger charge is 2.47. The number of ether oxygens (including phenoxy) is 1. The number of aryl methyl sites for hydroxylation is 1. The molecule has 2 atom stereocenters. The van der Waals surface area contributed by atoms with Gasteiger partial charge in [-0.05, 0) is 36.8 Å². The van der Waals surface area contributed by atoms with E-state index in [1.54, 1.807) is 17.0 Å². The van der Waals surface area contributed by atoms with Crippen molar-refractivity contribution in [2.24, 2.45) is 0 Å². The van der Waals surface area contributed by atoms with Crippen molar-refractivity contribution in [3.8, 4) is 0 Å². The maximum Gasteiger partial charge on any atom is 0.295 e. The lowest BCUT2D eigenvalue weighted by Gasteiger charge is -2.27. The van der Waals surface area contributed by atoms with Crippen LogP contribution in [0.25, 0.3) is 5.76 Å². The third-order valence-electron chi connectivity index (χ3n) is 6.21. The summed E-state index contributed by atoms with van der Waals surface area (Å²) < 4.78 is 5.74. The Morgan fingerprint density at radius 3 is 2.35 bits per heavy atom. The summed E-state index contributed by atoms with van der Waals surface area (Å²) >= 11 is 0. The first kappa shape index (κ1) is 21.3. The lowest BCUT2D eigenvalue weighted by Crippen LogP contribution is -2.36. The zero-order chi connectivity index (χ0) is 22.1. The van der Waals surface area contributed by atoms with E-state index in [-0.39, 0.29) is 17.4 Å². The third-order valence-corrected chi connectivity index (χ3v) is 6.21. The second kappa shape index (κ2) is 8.67. The summed E-state index contributed by atoms with van der Waals surface area (Å²) in [6.45, 7) is 7.21. The molecule has 0 unspecified atom stereocenters. The maximum absolute atomic E-state index is 13.1. The van der Waals surface area contributed by atoms with E-state index >= 15 is 0 Å². The van der Waals surface area contributed by atoms with Crippen LogP contribution in [0.15, 0.2) is 54.1 Å². The summed E-state index contributed by atoms with van der Waals surface area (Å²) in [5.41, 5.74) is 3.72. The summed E-state index contributed by atoms with van der Waals surface area (Å²) in [4.78, 5) is 27.7. The lowest BCUT2D eigenvalue weighted by atomic mass is 9.93. The smallest absolute Gasteiger partial charge is 0.295 e. The van der Waals surface area contributed by atoms with Crippen molar-refractivity contribution in [1.82, 2.24) is 4.90 Å². The molecular formula is C26H29NO4. The van der Waals surface area contributed by atoms with Gasteiger partial charge < -0.3 is 14.7 Å². The normalized spacial score (nSPS) is 23.2. The van der Waals surface area contributed by atoms with Crippen LogP contribution in [0.2, 0.25) is 0 Å². The minimum absolute atomic E-state index is 0.0879. The SMILES string of the molecule is Cc1ccc(C(O)=C2C(=O)C(=O)N(C[C@H]3CCCO3)[C@H]2c2ccc(C(C)C)cc2)cc1. The number of hydrogen-bond donors (Lipinski definition) is 1. The standard InChI is InChI=1S/C26H29NO4/c1-16(2)18-10-12-19(13-11-18)23-22(24(28)20-8-6-17(3)7-9-20)25(29)26(30)27(23)15-21-5-4-14-31-21/h6-13,16,21,23,28H,4-5,14-15H2,1-3H3/t21-,23+/m1/s1. The molecule has 2 aliphatic heterocycles. The van der Waals surface area contributed by atoms with Gasteiger partial charge in [-0.15, -0.1) is 0 Å². The van der Waals surface area contributed by atoms with Gasteiger partial charge in [0.2, 0.25) is 0 Å². The van der Waals surface area contributed by atoms with Gasteiger partial charge >= 0.3 is 0 Å². The van der Waals surface area contributed by atoms with E-state index < -0.39 is 17.7 Å². The van der Waals surface area contributed by atoms with Crippen molar-refractivity contribution >= 4 is 17.4 Å². The number of benzene rings is 2. The van der Waals surface area contributed by atoms with E-state index in [2.05, 4.69) is 13.8 Å². The molecule has 0 aromatic heterocycles. The van der Waals surface area contributed by atoms with Crippen LogP contribution in [0, 0.1) is 6.92 Å². The van der Waals surface area contributed by atoms with Crippen molar-refractivity contribution in [3.05, 3.63) is 76.4 Å². The van der Waals surface area contributed by atoms with E-state index in [0.717, 1.165) is 24.0 Å². The number of carbonyl (C=O) groups is 2. The minimum Gasteiger partial charge on any atom is -0.507 e. The molecule has 5 heteroatoms. The highest BCUT2D eigenvalue weighted by Crippen LogP contribution is 2.40. The summed E-state index contributed by atoms with van der Waals surface area (Å²) in [5.74, 6) is -0.984. The molecule has 2 fully saturated rings. The molecule has 2 saturated heterocycles. The van der Waals surface area contributed by atoms with Gasteiger partial charge in [0.15, 0.2) is 0 Å². The predicted octanol–water partition coefficient (Wildman–Crippen LogP) is 4.72. The number of amides is 1. The molecule has 0 bridgehead atoms. The number of rotatable bonds is 5. The summed E-state index contributed by atoms with van der Waals surface area (Å²) in [6, 6.07) is 14.6. The topological polar surface area (TPSA) is 66.8 Å². The average Bonchev–Trinajstić information content (AvgIpc) is 3.36. The monoisotopic (exact) mass is 419 g/mol. The van der Waals surface area contributed by atoms with Gasteiger partial charge in [0.1, 0.15) is 5.76 Å². The molecule has 1 amide bonds. The van der Waals surface area contributed by atoms with Crippen LogP contribution >= 0.6 is 0 Å². The van der Waals surface area contributed by atoms with Gasteiger partial charge in [0.25, 0.3) is 11.7 Å². The molecule has 2 aromatic rings. The number of nitrogens with zero attached hydrogens (tertiary/aromatic N) is 1. The molecule has 0 spiro atoms. The Bertz CT molecular complexity index is 999. The van der Waals surface area contributed by atoms with Crippen molar-refractivity contribution in [2.75, 3.05) is 13.2 Å². The molecule has 31 heavy (non-hydrogen) atoms. The molecule has 5 nitrogen and oxygen atoms in total. The zero-order valence-electron chi connectivity index (χ0n) is 18.3. The minimum atomic E-state index is -0.644. The first-order valence-corrected chi connectivity index (χ1v) is 10.9. The molecule has 2 heterocycles. The second-order valence-corrected chi connectivity index (χ2v) is 8.77. The Hall–Kier alpha value is -2.92. The quantitative estimate of drug-likeness (QED) is 0.433. The summed E-state index contributed by atoms with van der Waals surface area (Å²) in [6.07, 6.45) is 1.72. The van der Waals surface area contributed by atoms with Crippen LogP contribution in [-0.2, 0) is 14.3 Å². The highest BCUT2D eigenvalue weighted by molar-refractivity contribution is 6.46. The van der Waals surface area contributed by atoms with Gasteiger partial charge in [-0.2, -0.15) is 0 Å². The fourth-order valence-electron chi connectivity index (χ4n) is 4.35. The van der Waals surface area contributed by atoms with Crippen molar-refractivity contribution < 1.29 is 19.4 Å². The van der Waals surface area contributed by atoms with E-state index in [1.807, 2.05) is 43.3 Å². The Morgan fingerprint density at radius 1 is 1.10 bits per heavy atom. The van der Waals surface area contributed by atoms with E-state index in [4.69, 9.17) is 4.74 Å². The molecule has 162 valence electrons. The summed E-state index contributed by atoms with van der Waals surface area (Å²) in [5, 5.41) is 11.1. The Morgan fingerprint density at radius 2 is 1.77 bits per heavy atom.